The molecule has 4 heterocycles. The van der Waals surface area contributed by atoms with Crippen molar-refractivity contribution in [1.82, 2.24) is 19.1 Å². The van der Waals surface area contributed by atoms with Gasteiger partial charge in [-0.3, -0.25) is 9.78 Å². The summed E-state index contributed by atoms with van der Waals surface area (Å²) in [5, 5.41) is 14.2. The summed E-state index contributed by atoms with van der Waals surface area (Å²) in [7, 11) is -3.95. The Morgan fingerprint density at radius 3 is 2.64 bits per heavy atom. The Kier molecular flexibility index (Phi) is 5.09. The normalized spacial score (nSPS) is 16.8. The first-order valence-electron chi connectivity index (χ1n) is 10.4. The number of rotatable bonds is 5. The standard InChI is InChI=1S/C22H22N4O6S/c1-22(14-27,20-4-2-3-7-23-20)21(28)25-11-15-12-26(24-17(15)13-25)33(29,30)16-5-6-18-19(10-16)32-9-8-31-18/h2-7,10,12,27H,8-9,11,13-14H2,1H3/t22-/m1/s1. The number of benzene rings is 1. The van der Waals surface area contributed by atoms with Gasteiger partial charge in [-0.15, -0.1) is 0 Å². The number of amides is 1. The van der Waals surface area contributed by atoms with Crippen LogP contribution < -0.4 is 9.47 Å². The van der Waals surface area contributed by atoms with Crippen LogP contribution in [0.4, 0.5) is 0 Å². The molecule has 1 atom stereocenters. The van der Waals surface area contributed by atoms with Crippen molar-refractivity contribution < 1.29 is 27.8 Å². The largest absolute Gasteiger partial charge is 0.486 e. The SMILES string of the molecule is C[C@](CO)(C(=O)N1Cc2cn(S(=O)(=O)c3ccc4c(c3)OCCO4)nc2C1)c1ccccn1. The molecule has 5 rings (SSSR count). The van der Waals surface area contributed by atoms with E-state index in [1.54, 1.807) is 42.3 Å². The van der Waals surface area contributed by atoms with E-state index in [-0.39, 0.29) is 23.9 Å². The predicted octanol–water partition coefficient (Wildman–Crippen LogP) is 1.08. The van der Waals surface area contributed by atoms with Crippen LogP contribution in [0.2, 0.25) is 0 Å². The van der Waals surface area contributed by atoms with E-state index in [2.05, 4.69) is 10.1 Å². The van der Waals surface area contributed by atoms with Crippen molar-refractivity contribution in [1.29, 1.82) is 0 Å². The zero-order valence-electron chi connectivity index (χ0n) is 17.8. The first-order chi connectivity index (χ1) is 15.8. The molecule has 0 spiro atoms. The van der Waals surface area contributed by atoms with Crippen molar-refractivity contribution in [2.24, 2.45) is 0 Å². The first-order valence-corrected chi connectivity index (χ1v) is 11.8. The highest BCUT2D eigenvalue weighted by atomic mass is 32.2. The molecule has 3 aromatic rings. The lowest BCUT2D eigenvalue weighted by Gasteiger charge is -2.30. The maximum atomic E-state index is 13.3. The number of carbonyl (C=O) groups is 1. The van der Waals surface area contributed by atoms with E-state index >= 15 is 0 Å². The van der Waals surface area contributed by atoms with E-state index in [1.807, 2.05) is 0 Å². The summed E-state index contributed by atoms with van der Waals surface area (Å²) in [5.41, 5.74) is 0.377. The summed E-state index contributed by atoms with van der Waals surface area (Å²) in [6.07, 6.45) is 2.99. The van der Waals surface area contributed by atoms with Gasteiger partial charge in [0.25, 0.3) is 10.0 Å². The fraction of sp³-hybridized carbons (Fsp3) is 0.318. The molecule has 0 saturated carbocycles. The molecule has 1 N–H and O–H groups in total. The Morgan fingerprint density at radius 1 is 1.15 bits per heavy atom. The molecule has 172 valence electrons. The number of fused-ring (bicyclic) bond motifs is 2. The van der Waals surface area contributed by atoms with Gasteiger partial charge in [0.15, 0.2) is 11.5 Å². The predicted molar refractivity (Wildman–Crippen MR) is 115 cm³/mol. The van der Waals surface area contributed by atoms with Crippen LogP contribution in [-0.2, 0) is 33.3 Å². The molecule has 2 aliphatic rings. The molecule has 0 unspecified atom stereocenters. The smallest absolute Gasteiger partial charge is 0.283 e. The molecule has 0 radical (unpaired) electrons. The van der Waals surface area contributed by atoms with Crippen LogP contribution in [0.15, 0.2) is 53.7 Å². The minimum atomic E-state index is -3.95. The molecule has 0 fully saturated rings. The number of nitrogens with zero attached hydrogens (tertiary/aromatic N) is 4. The molecule has 1 aromatic carbocycles. The highest BCUT2D eigenvalue weighted by Gasteiger charge is 2.42. The van der Waals surface area contributed by atoms with Crippen molar-refractivity contribution in [3.63, 3.8) is 0 Å². The molecular weight excluding hydrogens is 448 g/mol. The number of carbonyl (C=O) groups excluding carboxylic acids is 1. The first kappa shape index (κ1) is 21.4. The Hall–Kier alpha value is -3.44. The Bertz CT molecular complexity index is 1300. The monoisotopic (exact) mass is 470 g/mol. The van der Waals surface area contributed by atoms with E-state index in [9.17, 15) is 18.3 Å². The molecule has 0 bridgehead atoms. The second-order valence-electron chi connectivity index (χ2n) is 8.15. The lowest BCUT2D eigenvalue weighted by molar-refractivity contribution is -0.139. The van der Waals surface area contributed by atoms with Crippen molar-refractivity contribution in [2.45, 2.75) is 30.3 Å². The van der Waals surface area contributed by atoms with Gasteiger partial charge in [-0.05, 0) is 31.2 Å². The van der Waals surface area contributed by atoms with E-state index in [0.717, 1.165) is 4.09 Å². The summed E-state index contributed by atoms with van der Waals surface area (Å²) < 4.78 is 38.1. The van der Waals surface area contributed by atoms with Gasteiger partial charge in [-0.25, -0.2) is 0 Å². The van der Waals surface area contributed by atoms with Crippen LogP contribution >= 0.6 is 0 Å². The fourth-order valence-electron chi connectivity index (χ4n) is 3.98. The van der Waals surface area contributed by atoms with Gasteiger partial charge in [-0.2, -0.15) is 17.6 Å². The number of aliphatic hydroxyl groups excluding tert-OH is 1. The van der Waals surface area contributed by atoms with E-state index in [1.165, 1.54) is 18.3 Å². The average Bonchev–Trinajstić information content (AvgIpc) is 3.43. The Labute approximate surface area is 190 Å². The third-order valence-corrected chi connectivity index (χ3v) is 7.45. The minimum Gasteiger partial charge on any atom is -0.486 e. The van der Waals surface area contributed by atoms with Crippen molar-refractivity contribution in [2.75, 3.05) is 19.8 Å². The average molecular weight is 471 g/mol. The molecule has 2 aliphatic heterocycles. The number of hydrogen-bond donors (Lipinski definition) is 1. The van der Waals surface area contributed by atoms with Crippen LogP contribution in [0, 0.1) is 0 Å². The Balaban J connectivity index is 1.38. The number of aliphatic hydroxyl groups is 1. The van der Waals surface area contributed by atoms with E-state index in [0.29, 0.717) is 41.7 Å². The highest BCUT2D eigenvalue weighted by Crippen LogP contribution is 2.34. The maximum Gasteiger partial charge on any atom is 0.283 e. The highest BCUT2D eigenvalue weighted by molar-refractivity contribution is 7.89. The van der Waals surface area contributed by atoms with Crippen LogP contribution in [0.1, 0.15) is 23.9 Å². The molecule has 11 heteroatoms. The third-order valence-electron chi connectivity index (χ3n) is 5.92. The van der Waals surface area contributed by atoms with Gasteiger partial charge in [0.2, 0.25) is 5.91 Å². The van der Waals surface area contributed by atoms with Gasteiger partial charge < -0.3 is 19.5 Å². The molecule has 1 amide bonds. The molecule has 0 saturated heterocycles. The van der Waals surface area contributed by atoms with Gasteiger partial charge in [-0.1, -0.05) is 6.07 Å². The molecule has 33 heavy (non-hydrogen) atoms. The van der Waals surface area contributed by atoms with E-state index < -0.39 is 22.0 Å². The molecule has 2 aromatic heterocycles. The summed E-state index contributed by atoms with van der Waals surface area (Å²) in [6, 6.07) is 9.63. The second kappa shape index (κ2) is 7.85. The molecule has 0 aliphatic carbocycles. The summed E-state index contributed by atoms with van der Waals surface area (Å²) in [6.45, 7) is 2.32. The second-order valence-corrected chi connectivity index (χ2v) is 9.95. The Morgan fingerprint density at radius 2 is 1.94 bits per heavy atom. The summed E-state index contributed by atoms with van der Waals surface area (Å²) >= 11 is 0. The van der Waals surface area contributed by atoms with Gasteiger partial charge >= 0.3 is 0 Å². The van der Waals surface area contributed by atoms with Gasteiger partial charge in [0.05, 0.1) is 29.4 Å². The minimum absolute atomic E-state index is 0.0314. The maximum absolute atomic E-state index is 13.3. The quantitative estimate of drug-likeness (QED) is 0.588. The van der Waals surface area contributed by atoms with Crippen LogP contribution in [0.25, 0.3) is 0 Å². The molecule has 10 nitrogen and oxygen atoms in total. The number of pyridine rings is 1. The lowest BCUT2D eigenvalue weighted by atomic mass is 9.85. The van der Waals surface area contributed by atoms with Gasteiger partial charge in [0.1, 0.15) is 18.6 Å². The van der Waals surface area contributed by atoms with Crippen LogP contribution in [-0.4, -0.2) is 58.3 Å². The number of hydrogen-bond acceptors (Lipinski definition) is 8. The lowest BCUT2D eigenvalue weighted by Crippen LogP contribution is -2.46. The summed E-state index contributed by atoms with van der Waals surface area (Å²) in [5.74, 6) is 0.566. The van der Waals surface area contributed by atoms with Crippen LogP contribution in [0.5, 0.6) is 11.5 Å². The van der Waals surface area contributed by atoms with Crippen molar-refractivity contribution >= 4 is 15.9 Å². The third kappa shape index (κ3) is 3.53. The van der Waals surface area contributed by atoms with Crippen LogP contribution in [0.3, 0.4) is 0 Å². The van der Waals surface area contributed by atoms with Crippen molar-refractivity contribution in [3.8, 4) is 11.5 Å². The zero-order chi connectivity index (χ0) is 23.2. The topological polar surface area (TPSA) is 124 Å². The van der Waals surface area contributed by atoms with Crippen molar-refractivity contribution in [3.05, 3.63) is 65.7 Å². The number of aromatic nitrogens is 3. The fourth-order valence-corrected chi connectivity index (χ4v) is 5.17. The summed E-state index contributed by atoms with van der Waals surface area (Å²) in [4.78, 5) is 19.1. The zero-order valence-corrected chi connectivity index (χ0v) is 18.7. The van der Waals surface area contributed by atoms with Gasteiger partial charge in [0, 0.05) is 30.6 Å². The van der Waals surface area contributed by atoms with E-state index in [4.69, 9.17) is 9.47 Å². The molecular formula is C22H22N4O6S. The number of ether oxygens (including phenoxy) is 2.